The molecular formula is C24H31N5O2. The number of hydrogen-bond donors (Lipinski definition) is 2. The smallest absolute Gasteiger partial charge is 0.225 e. The molecule has 31 heavy (non-hydrogen) atoms. The average Bonchev–Trinajstić information content (AvgIpc) is 3.23. The van der Waals surface area contributed by atoms with Crippen molar-refractivity contribution in [3.8, 4) is 0 Å². The summed E-state index contributed by atoms with van der Waals surface area (Å²) in [6.45, 7) is 5.64. The number of anilines is 2. The largest absolute Gasteiger partial charge is 0.379 e. The second-order valence-electron chi connectivity index (χ2n) is 7.88. The third-order valence-electron chi connectivity index (χ3n) is 5.77. The SMILES string of the molecule is CN=C(NCc1cccc(NC(=O)CCN2CCOCC2)c1)N1CCc2ccccc21. The number of amides is 1. The molecule has 0 bridgehead atoms. The van der Waals surface area contributed by atoms with Gasteiger partial charge >= 0.3 is 0 Å². The summed E-state index contributed by atoms with van der Waals surface area (Å²) in [4.78, 5) is 21.3. The predicted molar refractivity (Wildman–Crippen MR) is 125 cm³/mol. The number of carbonyl (C=O) groups is 1. The topological polar surface area (TPSA) is 69.2 Å². The molecule has 0 aliphatic carbocycles. The molecule has 164 valence electrons. The number of para-hydroxylation sites is 1. The number of rotatable bonds is 6. The van der Waals surface area contributed by atoms with Crippen molar-refractivity contribution in [2.75, 3.05) is 56.7 Å². The Morgan fingerprint density at radius 3 is 2.77 bits per heavy atom. The van der Waals surface area contributed by atoms with Crippen LogP contribution in [0.15, 0.2) is 53.5 Å². The van der Waals surface area contributed by atoms with Crippen molar-refractivity contribution in [1.82, 2.24) is 10.2 Å². The quantitative estimate of drug-likeness (QED) is 0.554. The Labute approximate surface area is 184 Å². The fraction of sp³-hybridized carbons (Fsp3) is 0.417. The van der Waals surface area contributed by atoms with Crippen molar-refractivity contribution >= 4 is 23.2 Å². The van der Waals surface area contributed by atoms with Crippen molar-refractivity contribution in [3.63, 3.8) is 0 Å². The summed E-state index contributed by atoms with van der Waals surface area (Å²) in [6.07, 6.45) is 1.52. The van der Waals surface area contributed by atoms with Crippen LogP contribution in [0.4, 0.5) is 11.4 Å². The van der Waals surface area contributed by atoms with Crippen molar-refractivity contribution < 1.29 is 9.53 Å². The second-order valence-corrected chi connectivity index (χ2v) is 7.88. The molecule has 2 heterocycles. The third-order valence-corrected chi connectivity index (χ3v) is 5.77. The van der Waals surface area contributed by atoms with Crippen LogP contribution in [0.1, 0.15) is 17.5 Å². The molecule has 0 radical (unpaired) electrons. The van der Waals surface area contributed by atoms with Gasteiger partial charge in [-0.05, 0) is 35.7 Å². The van der Waals surface area contributed by atoms with Crippen molar-refractivity contribution in [1.29, 1.82) is 0 Å². The van der Waals surface area contributed by atoms with Crippen LogP contribution in [0.5, 0.6) is 0 Å². The number of fused-ring (bicyclic) bond motifs is 1. The van der Waals surface area contributed by atoms with Gasteiger partial charge in [0.05, 0.1) is 13.2 Å². The monoisotopic (exact) mass is 421 g/mol. The first-order valence-electron chi connectivity index (χ1n) is 11.0. The number of guanidine groups is 1. The molecule has 0 aromatic heterocycles. The zero-order valence-corrected chi connectivity index (χ0v) is 18.1. The van der Waals surface area contributed by atoms with Crippen LogP contribution in [0.25, 0.3) is 0 Å². The normalized spacial score (nSPS) is 16.8. The molecule has 1 amide bonds. The van der Waals surface area contributed by atoms with Crippen LogP contribution in [0.3, 0.4) is 0 Å². The fourth-order valence-electron chi connectivity index (χ4n) is 4.10. The summed E-state index contributed by atoms with van der Waals surface area (Å²) in [6, 6.07) is 16.4. The van der Waals surface area contributed by atoms with Gasteiger partial charge in [-0.1, -0.05) is 30.3 Å². The Kier molecular flexibility index (Phi) is 7.17. The summed E-state index contributed by atoms with van der Waals surface area (Å²) in [5.74, 6) is 0.908. The van der Waals surface area contributed by atoms with Crippen molar-refractivity contribution in [3.05, 3.63) is 59.7 Å². The van der Waals surface area contributed by atoms with Gasteiger partial charge in [0.25, 0.3) is 0 Å². The van der Waals surface area contributed by atoms with E-state index in [1.807, 2.05) is 25.2 Å². The first-order chi connectivity index (χ1) is 15.2. The molecule has 0 saturated carbocycles. The Hall–Kier alpha value is -2.90. The molecular weight excluding hydrogens is 390 g/mol. The second kappa shape index (κ2) is 10.4. The first kappa shape index (κ1) is 21.3. The Morgan fingerprint density at radius 1 is 1.10 bits per heavy atom. The number of aliphatic imine (C=N–C) groups is 1. The molecule has 2 aliphatic heterocycles. The molecule has 1 fully saturated rings. The molecule has 7 nitrogen and oxygen atoms in total. The van der Waals surface area contributed by atoms with E-state index in [1.54, 1.807) is 0 Å². The lowest BCUT2D eigenvalue weighted by atomic mass is 10.2. The lowest BCUT2D eigenvalue weighted by Gasteiger charge is -2.26. The summed E-state index contributed by atoms with van der Waals surface area (Å²) < 4.78 is 5.35. The molecule has 2 N–H and O–H groups in total. The number of benzene rings is 2. The lowest BCUT2D eigenvalue weighted by Crippen LogP contribution is -2.40. The van der Waals surface area contributed by atoms with Crippen LogP contribution in [-0.2, 0) is 22.5 Å². The lowest BCUT2D eigenvalue weighted by molar-refractivity contribution is -0.116. The van der Waals surface area contributed by atoms with E-state index < -0.39 is 0 Å². The van der Waals surface area contributed by atoms with Gasteiger partial charge in [0.1, 0.15) is 0 Å². The fourth-order valence-corrected chi connectivity index (χ4v) is 4.10. The van der Waals surface area contributed by atoms with Gasteiger partial charge < -0.3 is 20.3 Å². The minimum atomic E-state index is 0.0427. The van der Waals surface area contributed by atoms with E-state index in [0.29, 0.717) is 13.0 Å². The van der Waals surface area contributed by atoms with E-state index in [2.05, 4.69) is 55.8 Å². The van der Waals surface area contributed by atoms with Gasteiger partial charge in [-0.2, -0.15) is 0 Å². The van der Waals surface area contributed by atoms with E-state index in [1.165, 1.54) is 11.3 Å². The highest BCUT2D eigenvalue weighted by Gasteiger charge is 2.22. The minimum Gasteiger partial charge on any atom is -0.379 e. The van der Waals surface area contributed by atoms with Gasteiger partial charge in [-0.3, -0.25) is 14.7 Å². The highest BCUT2D eigenvalue weighted by atomic mass is 16.5. The molecule has 2 aromatic carbocycles. The minimum absolute atomic E-state index is 0.0427. The van der Waals surface area contributed by atoms with Gasteiger partial charge in [0.15, 0.2) is 5.96 Å². The summed E-state index contributed by atoms with van der Waals surface area (Å²) >= 11 is 0. The Morgan fingerprint density at radius 2 is 1.94 bits per heavy atom. The predicted octanol–water partition coefficient (Wildman–Crippen LogP) is 2.49. The number of morpholine rings is 1. The number of ether oxygens (including phenoxy) is 1. The zero-order chi connectivity index (χ0) is 21.5. The van der Waals surface area contributed by atoms with Gasteiger partial charge in [-0.15, -0.1) is 0 Å². The maximum absolute atomic E-state index is 12.4. The summed E-state index contributed by atoms with van der Waals surface area (Å²) in [5.41, 5.74) is 4.50. The Bertz CT molecular complexity index is 924. The first-order valence-corrected chi connectivity index (χ1v) is 11.0. The zero-order valence-electron chi connectivity index (χ0n) is 18.1. The molecule has 7 heteroatoms. The van der Waals surface area contributed by atoms with Gasteiger partial charge in [0.2, 0.25) is 5.91 Å². The molecule has 1 saturated heterocycles. The molecule has 2 aliphatic rings. The number of nitrogens with zero attached hydrogens (tertiary/aromatic N) is 3. The number of hydrogen-bond acceptors (Lipinski definition) is 4. The van der Waals surface area contributed by atoms with E-state index in [9.17, 15) is 4.79 Å². The third kappa shape index (κ3) is 5.62. The maximum atomic E-state index is 12.4. The molecule has 0 atom stereocenters. The summed E-state index contributed by atoms with van der Waals surface area (Å²) in [7, 11) is 1.81. The average molecular weight is 422 g/mol. The molecule has 0 spiro atoms. The van der Waals surface area contributed by atoms with E-state index in [-0.39, 0.29) is 5.91 Å². The maximum Gasteiger partial charge on any atom is 0.225 e. The van der Waals surface area contributed by atoms with E-state index >= 15 is 0 Å². The van der Waals surface area contributed by atoms with E-state index in [4.69, 9.17) is 4.74 Å². The number of carbonyl (C=O) groups excluding carboxylic acids is 1. The van der Waals surface area contributed by atoms with Crippen molar-refractivity contribution in [2.24, 2.45) is 4.99 Å². The van der Waals surface area contributed by atoms with Crippen LogP contribution >= 0.6 is 0 Å². The van der Waals surface area contributed by atoms with Gasteiger partial charge in [0, 0.05) is 57.6 Å². The van der Waals surface area contributed by atoms with Crippen LogP contribution in [0.2, 0.25) is 0 Å². The standard InChI is InChI=1S/C24H31N5O2/c1-25-24(29-12-9-20-6-2-3-8-22(20)29)26-18-19-5-4-7-21(17-19)27-23(30)10-11-28-13-15-31-16-14-28/h2-8,17H,9-16,18H2,1H3,(H,25,26)(H,27,30). The van der Waals surface area contributed by atoms with Crippen LogP contribution < -0.4 is 15.5 Å². The summed E-state index contributed by atoms with van der Waals surface area (Å²) in [5, 5.41) is 6.49. The number of nitrogens with one attached hydrogen (secondary N) is 2. The van der Waals surface area contributed by atoms with Gasteiger partial charge in [-0.25, -0.2) is 0 Å². The van der Waals surface area contributed by atoms with Crippen molar-refractivity contribution in [2.45, 2.75) is 19.4 Å². The van der Waals surface area contributed by atoms with Crippen LogP contribution in [-0.4, -0.2) is 63.2 Å². The Balaban J connectivity index is 1.29. The van der Waals surface area contributed by atoms with Crippen LogP contribution in [0, 0.1) is 0 Å². The molecule has 4 rings (SSSR count). The molecule has 2 aromatic rings. The molecule has 0 unspecified atom stereocenters. The highest BCUT2D eigenvalue weighted by molar-refractivity contribution is 5.98. The highest BCUT2D eigenvalue weighted by Crippen LogP contribution is 2.27. The van der Waals surface area contributed by atoms with E-state index in [0.717, 1.165) is 63.0 Å².